The molecule has 0 saturated carbocycles. The number of rotatable bonds is 7. The predicted octanol–water partition coefficient (Wildman–Crippen LogP) is 6.04. The van der Waals surface area contributed by atoms with Crippen LogP contribution in [0.5, 0.6) is 0 Å². The summed E-state index contributed by atoms with van der Waals surface area (Å²) in [5.74, 6) is -0.0917. The molecule has 6 nitrogen and oxygen atoms in total. The van der Waals surface area contributed by atoms with E-state index in [2.05, 4.69) is 49.8 Å². The standard InChI is InChI=1S/C31H31N5O/c37-31-29(26-6-2-3-7-27(26)35-31)30(34-25-14-12-23(13-15-25)28-20-32-21-33-28)24-10-8-22(9-11-24)16-19-36-17-4-1-5-18-36/h2-3,6-15,20-21,34H,1,4-5,16-19H2,(H,32,33)(H,35,37). The van der Waals surface area contributed by atoms with E-state index in [9.17, 15) is 4.79 Å². The molecule has 1 fully saturated rings. The lowest BCUT2D eigenvalue weighted by atomic mass is 9.98. The molecule has 0 spiro atoms. The SMILES string of the molecule is O=C1Nc2ccccc2C1=C(Nc1ccc(-c2c[nH]cn2)cc1)c1ccc(CCN2CCCCC2)cc1. The lowest BCUT2D eigenvalue weighted by Gasteiger charge is -2.26. The van der Waals surface area contributed by atoms with E-state index in [0.717, 1.165) is 52.4 Å². The van der Waals surface area contributed by atoms with Crippen molar-refractivity contribution >= 4 is 28.6 Å². The molecule has 1 saturated heterocycles. The fourth-order valence-electron chi connectivity index (χ4n) is 5.24. The minimum absolute atomic E-state index is 0.0917. The number of H-pyrrole nitrogens is 1. The van der Waals surface area contributed by atoms with Gasteiger partial charge in [0.2, 0.25) is 0 Å². The van der Waals surface area contributed by atoms with Crippen molar-refractivity contribution < 1.29 is 4.79 Å². The average Bonchev–Trinajstić information content (AvgIpc) is 3.60. The number of fused-ring (bicyclic) bond motifs is 1. The summed E-state index contributed by atoms with van der Waals surface area (Å²) in [5.41, 5.74) is 8.36. The van der Waals surface area contributed by atoms with Gasteiger partial charge in [-0.25, -0.2) is 4.98 Å². The topological polar surface area (TPSA) is 73.0 Å². The number of carbonyl (C=O) groups is 1. The fourth-order valence-corrected chi connectivity index (χ4v) is 5.24. The van der Waals surface area contributed by atoms with Gasteiger partial charge in [-0.1, -0.05) is 61.0 Å². The number of aromatic amines is 1. The number of carbonyl (C=O) groups excluding carboxylic acids is 1. The summed E-state index contributed by atoms with van der Waals surface area (Å²) in [6, 6.07) is 24.6. The number of para-hydroxylation sites is 1. The number of nitrogens with zero attached hydrogens (tertiary/aromatic N) is 2. The van der Waals surface area contributed by atoms with E-state index in [-0.39, 0.29) is 5.91 Å². The second-order valence-corrected chi connectivity index (χ2v) is 9.76. The molecule has 3 aromatic carbocycles. The number of amides is 1. The molecule has 4 aromatic rings. The predicted molar refractivity (Wildman–Crippen MR) is 150 cm³/mol. The number of nitrogens with one attached hydrogen (secondary N) is 3. The summed E-state index contributed by atoms with van der Waals surface area (Å²) in [5, 5.41) is 6.59. The summed E-state index contributed by atoms with van der Waals surface area (Å²) in [6.45, 7) is 3.53. The molecule has 0 aliphatic carbocycles. The third-order valence-electron chi connectivity index (χ3n) is 7.28. The summed E-state index contributed by atoms with van der Waals surface area (Å²) < 4.78 is 0. The van der Waals surface area contributed by atoms with E-state index in [0.29, 0.717) is 5.57 Å². The Hall–Kier alpha value is -4.16. The Morgan fingerprint density at radius 1 is 0.919 bits per heavy atom. The quantitative estimate of drug-likeness (QED) is 0.277. The first-order valence-electron chi connectivity index (χ1n) is 13.1. The van der Waals surface area contributed by atoms with Crippen LogP contribution in [-0.4, -0.2) is 40.4 Å². The van der Waals surface area contributed by atoms with Gasteiger partial charge in [0, 0.05) is 35.2 Å². The molecule has 3 N–H and O–H groups in total. The van der Waals surface area contributed by atoms with Crippen LogP contribution in [0.3, 0.4) is 0 Å². The molecule has 1 amide bonds. The Bertz CT molecular complexity index is 1400. The highest BCUT2D eigenvalue weighted by Gasteiger charge is 2.28. The van der Waals surface area contributed by atoms with Crippen LogP contribution in [0.25, 0.3) is 22.5 Å². The molecule has 1 aromatic heterocycles. The highest BCUT2D eigenvalue weighted by Crippen LogP contribution is 2.37. The maximum atomic E-state index is 13.2. The normalized spacial score (nSPS) is 16.8. The lowest BCUT2D eigenvalue weighted by Crippen LogP contribution is -2.31. The van der Waals surface area contributed by atoms with Gasteiger partial charge in [0.05, 0.1) is 23.3 Å². The number of hydrogen-bond acceptors (Lipinski definition) is 4. The smallest absolute Gasteiger partial charge is 0.258 e. The number of imidazole rings is 1. The van der Waals surface area contributed by atoms with Gasteiger partial charge in [-0.2, -0.15) is 0 Å². The van der Waals surface area contributed by atoms with Crippen LogP contribution in [-0.2, 0) is 11.2 Å². The van der Waals surface area contributed by atoms with Gasteiger partial charge in [0.1, 0.15) is 0 Å². The van der Waals surface area contributed by atoms with Crippen molar-refractivity contribution in [2.45, 2.75) is 25.7 Å². The van der Waals surface area contributed by atoms with Crippen LogP contribution in [0.2, 0.25) is 0 Å². The Morgan fingerprint density at radius 2 is 1.70 bits per heavy atom. The number of anilines is 2. The average molecular weight is 490 g/mol. The van der Waals surface area contributed by atoms with Gasteiger partial charge in [-0.05, 0) is 61.7 Å². The van der Waals surface area contributed by atoms with Gasteiger partial charge in [-0.15, -0.1) is 0 Å². The minimum Gasteiger partial charge on any atom is -0.354 e. The van der Waals surface area contributed by atoms with Gasteiger partial charge in [0.15, 0.2) is 0 Å². The largest absolute Gasteiger partial charge is 0.354 e. The van der Waals surface area contributed by atoms with E-state index in [1.165, 1.54) is 37.9 Å². The highest BCUT2D eigenvalue weighted by atomic mass is 16.2. The molecule has 0 radical (unpaired) electrons. The summed E-state index contributed by atoms with van der Waals surface area (Å²) in [6.07, 6.45) is 8.58. The Kier molecular flexibility index (Phi) is 6.57. The highest BCUT2D eigenvalue weighted by molar-refractivity contribution is 6.37. The van der Waals surface area contributed by atoms with E-state index in [4.69, 9.17) is 0 Å². The molecule has 0 bridgehead atoms. The molecule has 37 heavy (non-hydrogen) atoms. The minimum atomic E-state index is -0.0917. The molecular formula is C31H31N5O. The molecule has 3 heterocycles. The van der Waals surface area contributed by atoms with Gasteiger partial charge < -0.3 is 20.5 Å². The molecular weight excluding hydrogens is 458 g/mol. The number of hydrogen-bond donors (Lipinski definition) is 3. The second kappa shape index (κ2) is 10.4. The van der Waals surface area contributed by atoms with Crippen molar-refractivity contribution in [2.24, 2.45) is 0 Å². The lowest BCUT2D eigenvalue weighted by molar-refractivity contribution is -0.110. The van der Waals surface area contributed by atoms with Crippen molar-refractivity contribution in [1.29, 1.82) is 0 Å². The van der Waals surface area contributed by atoms with Crippen molar-refractivity contribution in [2.75, 3.05) is 30.3 Å². The Labute approximate surface area is 217 Å². The summed E-state index contributed by atoms with van der Waals surface area (Å²) >= 11 is 0. The van der Waals surface area contributed by atoms with Crippen LogP contribution >= 0.6 is 0 Å². The number of benzene rings is 3. The molecule has 6 rings (SSSR count). The monoisotopic (exact) mass is 489 g/mol. The van der Waals surface area contributed by atoms with Gasteiger partial charge >= 0.3 is 0 Å². The third kappa shape index (κ3) is 5.06. The van der Waals surface area contributed by atoms with E-state index >= 15 is 0 Å². The number of likely N-dealkylation sites (tertiary alicyclic amines) is 1. The van der Waals surface area contributed by atoms with Crippen LogP contribution in [0.15, 0.2) is 85.3 Å². The van der Waals surface area contributed by atoms with Gasteiger partial charge in [-0.3, -0.25) is 4.79 Å². The van der Waals surface area contributed by atoms with Crippen molar-refractivity contribution in [3.63, 3.8) is 0 Å². The maximum absolute atomic E-state index is 13.2. The molecule has 2 aliphatic rings. The van der Waals surface area contributed by atoms with Crippen molar-refractivity contribution in [1.82, 2.24) is 14.9 Å². The van der Waals surface area contributed by atoms with E-state index in [1.807, 2.05) is 54.7 Å². The molecule has 0 unspecified atom stereocenters. The van der Waals surface area contributed by atoms with Crippen LogP contribution in [0.1, 0.15) is 36.0 Å². The molecule has 2 aliphatic heterocycles. The van der Waals surface area contributed by atoms with Crippen LogP contribution in [0.4, 0.5) is 11.4 Å². The van der Waals surface area contributed by atoms with Crippen molar-refractivity contribution in [3.8, 4) is 11.3 Å². The maximum Gasteiger partial charge on any atom is 0.258 e. The molecule has 186 valence electrons. The zero-order valence-corrected chi connectivity index (χ0v) is 20.8. The fraction of sp³-hybridized carbons (Fsp3) is 0.226. The zero-order valence-electron chi connectivity index (χ0n) is 20.8. The third-order valence-corrected chi connectivity index (χ3v) is 7.28. The van der Waals surface area contributed by atoms with E-state index < -0.39 is 0 Å². The molecule has 0 atom stereocenters. The molecule has 6 heteroatoms. The van der Waals surface area contributed by atoms with Crippen LogP contribution < -0.4 is 10.6 Å². The van der Waals surface area contributed by atoms with E-state index in [1.54, 1.807) is 6.33 Å². The van der Waals surface area contributed by atoms with Gasteiger partial charge in [0.25, 0.3) is 5.91 Å². The first kappa shape index (κ1) is 23.3. The summed E-state index contributed by atoms with van der Waals surface area (Å²) in [4.78, 5) is 23.1. The first-order valence-corrected chi connectivity index (χ1v) is 13.1. The van der Waals surface area contributed by atoms with Crippen molar-refractivity contribution in [3.05, 3.63) is 102 Å². The summed E-state index contributed by atoms with van der Waals surface area (Å²) in [7, 11) is 0. The zero-order chi connectivity index (χ0) is 25.0. The second-order valence-electron chi connectivity index (χ2n) is 9.76. The van der Waals surface area contributed by atoms with Crippen LogP contribution in [0, 0.1) is 0 Å². The number of piperidine rings is 1. The Morgan fingerprint density at radius 3 is 2.46 bits per heavy atom. The number of aromatic nitrogens is 2. The Balaban J connectivity index is 1.30. The first-order chi connectivity index (χ1) is 18.2.